The van der Waals surface area contributed by atoms with E-state index in [4.69, 9.17) is 9.47 Å². The lowest BCUT2D eigenvalue weighted by molar-refractivity contribution is 0.0592. The number of carbonyl (C=O) groups is 2. The zero-order valence-corrected chi connectivity index (χ0v) is 17.0. The number of benzene rings is 2. The second kappa shape index (κ2) is 10.1. The number of rotatable bonds is 6. The van der Waals surface area contributed by atoms with Gasteiger partial charge >= 0.3 is 12.1 Å². The lowest BCUT2D eigenvalue weighted by atomic mass is 9.91. The second-order valence-corrected chi connectivity index (χ2v) is 7.14. The van der Waals surface area contributed by atoms with Gasteiger partial charge in [-0.3, -0.25) is 0 Å². The molecule has 1 N–H and O–H groups in total. The largest absolute Gasteiger partial charge is 0.465 e. The van der Waals surface area contributed by atoms with Gasteiger partial charge in [-0.1, -0.05) is 49.4 Å². The molecule has 2 aromatic carbocycles. The van der Waals surface area contributed by atoms with Crippen LogP contribution in [-0.2, 0) is 16.1 Å². The summed E-state index contributed by atoms with van der Waals surface area (Å²) in [6.45, 7) is 3.84. The van der Waals surface area contributed by atoms with Gasteiger partial charge in [0.15, 0.2) is 0 Å². The van der Waals surface area contributed by atoms with Crippen LogP contribution in [0.2, 0.25) is 0 Å². The van der Waals surface area contributed by atoms with Gasteiger partial charge in [-0.15, -0.1) is 0 Å². The molecule has 0 aromatic heterocycles. The van der Waals surface area contributed by atoms with E-state index < -0.39 is 0 Å². The number of carbonyl (C=O) groups excluding carboxylic acids is 2. The molecule has 3 rings (SSSR count). The van der Waals surface area contributed by atoms with Gasteiger partial charge in [-0.2, -0.15) is 0 Å². The molecule has 154 valence electrons. The number of methoxy groups -OCH3 is 1. The number of likely N-dealkylation sites (tertiary alicyclic amines) is 1. The maximum Gasteiger partial charge on any atom is 0.410 e. The topological polar surface area (TPSA) is 67.9 Å². The number of piperidine rings is 1. The Kier molecular flexibility index (Phi) is 7.25. The maximum absolute atomic E-state index is 12.9. The number of nitrogens with zero attached hydrogens (tertiary/aromatic N) is 1. The Balaban J connectivity index is 1.74. The van der Waals surface area contributed by atoms with Gasteiger partial charge in [-0.25, -0.2) is 9.59 Å². The van der Waals surface area contributed by atoms with E-state index >= 15 is 0 Å². The van der Waals surface area contributed by atoms with E-state index in [0.29, 0.717) is 18.2 Å². The average Bonchev–Trinajstić information content (AvgIpc) is 2.78. The van der Waals surface area contributed by atoms with Crippen LogP contribution < -0.4 is 5.32 Å². The van der Waals surface area contributed by atoms with Crippen molar-refractivity contribution in [2.24, 2.45) is 0 Å². The van der Waals surface area contributed by atoms with Crippen LogP contribution >= 0.6 is 0 Å². The molecule has 2 aromatic rings. The summed E-state index contributed by atoms with van der Waals surface area (Å²) in [5.41, 5.74) is 2.44. The van der Waals surface area contributed by atoms with Gasteiger partial charge in [0.05, 0.1) is 18.7 Å². The molecule has 0 aliphatic carbocycles. The molecule has 1 heterocycles. The smallest absolute Gasteiger partial charge is 0.410 e. The van der Waals surface area contributed by atoms with Crippen LogP contribution in [0.25, 0.3) is 0 Å². The van der Waals surface area contributed by atoms with Crippen molar-refractivity contribution in [2.45, 2.75) is 38.5 Å². The van der Waals surface area contributed by atoms with Crippen LogP contribution in [0.15, 0.2) is 54.6 Å². The lowest BCUT2D eigenvalue weighted by Crippen LogP contribution is -2.46. The fourth-order valence-electron chi connectivity index (χ4n) is 3.74. The van der Waals surface area contributed by atoms with Gasteiger partial charge in [0.25, 0.3) is 0 Å². The van der Waals surface area contributed by atoms with Gasteiger partial charge in [-0.05, 0) is 42.6 Å². The van der Waals surface area contributed by atoms with Crippen molar-refractivity contribution < 1.29 is 19.1 Å². The number of esters is 1. The van der Waals surface area contributed by atoms with Crippen LogP contribution in [0.5, 0.6) is 0 Å². The van der Waals surface area contributed by atoms with Crippen LogP contribution in [0.3, 0.4) is 0 Å². The average molecular weight is 396 g/mol. The molecule has 1 saturated heterocycles. The van der Waals surface area contributed by atoms with Gasteiger partial charge in [0.1, 0.15) is 6.61 Å². The quantitative estimate of drug-likeness (QED) is 0.750. The monoisotopic (exact) mass is 396 g/mol. The molecular formula is C23H28N2O4. The second-order valence-electron chi connectivity index (χ2n) is 7.14. The Morgan fingerprint density at radius 3 is 2.48 bits per heavy atom. The minimum absolute atomic E-state index is 0.109. The highest BCUT2D eigenvalue weighted by Gasteiger charge is 2.33. The third-order valence-corrected chi connectivity index (χ3v) is 5.25. The SMILES string of the molecule is CCNC1CCN(C(=O)OCc2ccccc2)C(c2ccc(C(=O)OC)cc2)C1. The first kappa shape index (κ1) is 20.9. The molecule has 1 fully saturated rings. The highest BCUT2D eigenvalue weighted by atomic mass is 16.6. The molecule has 0 radical (unpaired) electrons. The minimum atomic E-state index is -0.371. The number of hydrogen-bond acceptors (Lipinski definition) is 5. The standard InChI is InChI=1S/C23H28N2O4/c1-3-24-20-13-14-25(23(27)29-16-17-7-5-4-6-8-17)21(15-20)18-9-11-19(12-10-18)22(26)28-2/h4-12,20-21,24H,3,13-16H2,1-2H3. The molecule has 1 aliphatic heterocycles. The van der Waals surface area contributed by atoms with Crippen LogP contribution in [-0.4, -0.2) is 43.2 Å². The normalized spacial score (nSPS) is 18.9. The summed E-state index contributed by atoms with van der Waals surface area (Å²) >= 11 is 0. The number of amides is 1. The van der Waals surface area contributed by atoms with Crippen LogP contribution in [0, 0.1) is 0 Å². The van der Waals surface area contributed by atoms with E-state index in [-0.39, 0.29) is 24.7 Å². The highest BCUT2D eigenvalue weighted by Crippen LogP contribution is 2.32. The van der Waals surface area contributed by atoms with Crippen LogP contribution in [0.1, 0.15) is 47.3 Å². The summed E-state index contributed by atoms with van der Waals surface area (Å²) in [5.74, 6) is -0.371. The summed E-state index contributed by atoms with van der Waals surface area (Å²) in [7, 11) is 1.36. The fourth-order valence-corrected chi connectivity index (χ4v) is 3.74. The minimum Gasteiger partial charge on any atom is -0.465 e. The van der Waals surface area contributed by atoms with Gasteiger partial charge < -0.3 is 19.7 Å². The lowest BCUT2D eigenvalue weighted by Gasteiger charge is -2.39. The van der Waals surface area contributed by atoms with Gasteiger partial charge in [0, 0.05) is 12.6 Å². The van der Waals surface area contributed by atoms with Crippen molar-refractivity contribution in [3.63, 3.8) is 0 Å². The Bertz CT molecular complexity index is 807. The van der Waals surface area contributed by atoms with E-state index in [1.165, 1.54) is 7.11 Å². The Labute approximate surface area is 171 Å². The molecule has 1 amide bonds. The first-order valence-corrected chi connectivity index (χ1v) is 10.0. The van der Waals surface area contributed by atoms with Crippen molar-refractivity contribution in [1.29, 1.82) is 0 Å². The maximum atomic E-state index is 12.9. The van der Waals surface area contributed by atoms with Gasteiger partial charge in [0.2, 0.25) is 0 Å². The summed E-state index contributed by atoms with van der Waals surface area (Å²) in [6.07, 6.45) is 1.36. The third-order valence-electron chi connectivity index (χ3n) is 5.25. The van der Waals surface area contributed by atoms with E-state index in [2.05, 4.69) is 12.2 Å². The first-order chi connectivity index (χ1) is 14.1. The first-order valence-electron chi connectivity index (χ1n) is 10.0. The highest BCUT2D eigenvalue weighted by molar-refractivity contribution is 5.89. The van der Waals surface area contributed by atoms with E-state index in [0.717, 1.165) is 30.5 Å². The van der Waals surface area contributed by atoms with Crippen LogP contribution in [0.4, 0.5) is 4.79 Å². The Morgan fingerprint density at radius 2 is 1.83 bits per heavy atom. The fraction of sp³-hybridized carbons (Fsp3) is 0.391. The number of ether oxygens (including phenoxy) is 2. The van der Waals surface area contributed by atoms with Crippen molar-refractivity contribution in [3.05, 3.63) is 71.3 Å². The molecular weight excluding hydrogens is 368 g/mol. The Hall–Kier alpha value is -2.86. The molecule has 0 saturated carbocycles. The van der Waals surface area contributed by atoms with Crippen molar-refractivity contribution in [1.82, 2.24) is 10.2 Å². The zero-order valence-electron chi connectivity index (χ0n) is 17.0. The van der Waals surface area contributed by atoms with E-state index in [1.54, 1.807) is 17.0 Å². The molecule has 2 atom stereocenters. The molecule has 0 spiro atoms. The van der Waals surface area contributed by atoms with Crippen molar-refractivity contribution >= 4 is 12.1 Å². The molecule has 29 heavy (non-hydrogen) atoms. The molecule has 1 aliphatic rings. The number of nitrogens with one attached hydrogen (secondary N) is 1. The summed E-state index contributed by atoms with van der Waals surface area (Å²) in [4.78, 5) is 26.4. The number of hydrogen-bond donors (Lipinski definition) is 1. The Morgan fingerprint density at radius 1 is 1.10 bits per heavy atom. The van der Waals surface area contributed by atoms with E-state index in [9.17, 15) is 9.59 Å². The third kappa shape index (κ3) is 5.35. The van der Waals surface area contributed by atoms with Crippen molar-refractivity contribution in [2.75, 3.05) is 20.2 Å². The van der Waals surface area contributed by atoms with Crippen molar-refractivity contribution in [3.8, 4) is 0 Å². The molecule has 6 heteroatoms. The molecule has 0 bridgehead atoms. The zero-order chi connectivity index (χ0) is 20.6. The summed E-state index contributed by atoms with van der Waals surface area (Å²) < 4.78 is 10.4. The molecule has 2 unspecified atom stereocenters. The summed E-state index contributed by atoms with van der Waals surface area (Å²) in [5, 5.41) is 3.49. The summed E-state index contributed by atoms with van der Waals surface area (Å²) in [6, 6.07) is 17.2. The predicted octanol–water partition coefficient (Wildman–Crippen LogP) is 3.93. The molecule has 6 nitrogen and oxygen atoms in total. The predicted molar refractivity (Wildman–Crippen MR) is 111 cm³/mol. The van der Waals surface area contributed by atoms with E-state index in [1.807, 2.05) is 42.5 Å².